The van der Waals surface area contributed by atoms with Gasteiger partial charge in [0.2, 0.25) is 6.29 Å². The van der Waals surface area contributed by atoms with Gasteiger partial charge in [-0.2, -0.15) is 0 Å². The van der Waals surface area contributed by atoms with Gasteiger partial charge in [-0.05, 0) is 107 Å². The largest absolute Gasteiger partial charge is 0.395 e. The fourth-order valence-corrected chi connectivity index (χ4v) is 9.83. The van der Waals surface area contributed by atoms with Gasteiger partial charge >= 0.3 is 0 Å². The summed E-state index contributed by atoms with van der Waals surface area (Å²) >= 11 is 0. The monoisotopic (exact) mass is 566 g/mol. The first kappa shape index (κ1) is 30.9. The van der Waals surface area contributed by atoms with Gasteiger partial charge in [0.25, 0.3) is 0 Å². The van der Waals surface area contributed by atoms with Crippen molar-refractivity contribution in [3.63, 3.8) is 0 Å². The Kier molecular flexibility index (Phi) is 9.13. The van der Waals surface area contributed by atoms with Crippen molar-refractivity contribution in [3.05, 3.63) is 11.6 Å². The number of aliphatic hydroxyl groups excluding tert-OH is 4. The summed E-state index contributed by atoms with van der Waals surface area (Å²) in [5, 5.41) is 50.8. The summed E-state index contributed by atoms with van der Waals surface area (Å²) in [6, 6.07) is 0. The number of hydrogen-bond donors (Lipinski definition) is 5. The molecule has 5 N–H and O–H groups in total. The van der Waals surface area contributed by atoms with Crippen molar-refractivity contribution < 1.29 is 40.0 Å². The van der Waals surface area contributed by atoms with Gasteiger partial charge in [0.05, 0.1) is 24.9 Å². The molecule has 1 aliphatic heterocycles. The maximum Gasteiger partial charge on any atom is 0.220 e. The molecule has 5 rings (SSSR count). The van der Waals surface area contributed by atoms with Crippen LogP contribution in [0.1, 0.15) is 98.3 Å². The molecular formula is C32H54O8. The van der Waals surface area contributed by atoms with E-state index < -0.39 is 30.2 Å². The summed E-state index contributed by atoms with van der Waals surface area (Å²) in [6.45, 7) is 8.86. The Hall–Kier alpha value is -0.580. The Morgan fingerprint density at radius 2 is 1.82 bits per heavy atom. The van der Waals surface area contributed by atoms with Crippen LogP contribution in [0.5, 0.6) is 0 Å². The summed E-state index contributed by atoms with van der Waals surface area (Å²) < 4.78 is 5.32. The Labute approximate surface area is 240 Å². The predicted molar refractivity (Wildman–Crippen MR) is 150 cm³/mol. The molecule has 40 heavy (non-hydrogen) atoms. The van der Waals surface area contributed by atoms with Crippen LogP contribution in [0.2, 0.25) is 0 Å². The molecule has 0 amide bonds. The van der Waals surface area contributed by atoms with Crippen LogP contribution in [0.3, 0.4) is 0 Å². The standard InChI is InChI=1S/C32H54O8/c1-19(6-5-13-30(2,3)37)23-9-10-24-22-8-7-20-16-21(39-40-29-28(36)27(35)26(34)17-38-29)11-15-32(20,18-33)25(22)12-14-31(23,24)4/h7,19,21-29,33-37H,5-6,8-18H2,1-4H3/t19-,21+,22+,23-,24+,25+,26-,27-,28+,29+,31-,32-/m1/s1. The smallest absolute Gasteiger partial charge is 0.220 e. The van der Waals surface area contributed by atoms with Crippen molar-refractivity contribution in [1.29, 1.82) is 0 Å². The van der Waals surface area contributed by atoms with E-state index in [1.54, 1.807) is 0 Å². The van der Waals surface area contributed by atoms with Gasteiger partial charge in [-0.15, -0.1) is 0 Å². The van der Waals surface area contributed by atoms with E-state index in [0.29, 0.717) is 35.5 Å². The molecule has 0 radical (unpaired) electrons. The normalized spacial score (nSPS) is 46.2. The highest BCUT2D eigenvalue weighted by atomic mass is 17.2. The molecule has 1 saturated heterocycles. The van der Waals surface area contributed by atoms with Crippen molar-refractivity contribution in [2.45, 2.75) is 135 Å². The van der Waals surface area contributed by atoms with Crippen molar-refractivity contribution in [3.8, 4) is 0 Å². The summed E-state index contributed by atoms with van der Waals surface area (Å²) in [5.41, 5.74) is 0.860. The lowest BCUT2D eigenvalue weighted by atomic mass is 9.46. The number of aliphatic hydroxyl groups is 5. The van der Waals surface area contributed by atoms with Gasteiger partial charge in [-0.1, -0.05) is 38.3 Å². The van der Waals surface area contributed by atoms with Gasteiger partial charge in [0.1, 0.15) is 18.3 Å². The second-order valence-electron chi connectivity index (χ2n) is 14.9. The second-order valence-corrected chi connectivity index (χ2v) is 14.9. The molecule has 4 fully saturated rings. The van der Waals surface area contributed by atoms with Crippen LogP contribution in [0, 0.1) is 40.4 Å². The van der Waals surface area contributed by atoms with E-state index >= 15 is 0 Å². The first-order valence-corrected chi connectivity index (χ1v) is 15.9. The van der Waals surface area contributed by atoms with Crippen LogP contribution < -0.4 is 0 Å². The minimum absolute atomic E-state index is 0.126. The number of ether oxygens (including phenoxy) is 1. The maximum atomic E-state index is 10.9. The third kappa shape index (κ3) is 5.69. The van der Waals surface area contributed by atoms with Crippen LogP contribution >= 0.6 is 0 Å². The molecule has 0 bridgehead atoms. The highest BCUT2D eigenvalue weighted by Gasteiger charge is 2.60. The average Bonchev–Trinajstić information content (AvgIpc) is 3.27. The average molecular weight is 567 g/mol. The fraction of sp³-hybridized carbons (Fsp3) is 0.938. The quantitative estimate of drug-likeness (QED) is 0.162. The van der Waals surface area contributed by atoms with Crippen molar-refractivity contribution >= 4 is 0 Å². The van der Waals surface area contributed by atoms with Gasteiger partial charge in [0.15, 0.2) is 0 Å². The molecule has 5 aliphatic rings. The minimum Gasteiger partial charge on any atom is -0.395 e. The summed E-state index contributed by atoms with van der Waals surface area (Å²) in [7, 11) is 0. The molecule has 8 heteroatoms. The Bertz CT molecular complexity index is 902. The number of rotatable bonds is 9. The van der Waals surface area contributed by atoms with Crippen molar-refractivity contribution in [1.82, 2.24) is 0 Å². The summed E-state index contributed by atoms with van der Waals surface area (Å²) in [5.74, 6) is 3.18. The van der Waals surface area contributed by atoms with E-state index in [-0.39, 0.29) is 24.7 Å². The van der Waals surface area contributed by atoms with Crippen LogP contribution in [0.25, 0.3) is 0 Å². The third-order valence-electron chi connectivity index (χ3n) is 12.0. The topological polar surface area (TPSA) is 129 Å². The predicted octanol–water partition coefficient (Wildman–Crippen LogP) is 3.87. The molecular weight excluding hydrogens is 512 g/mol. The SMILES string of the molecule is C[C@H](CCCC(C)(C)O)[C@H]1CC[C@H]2[C@@H]3CC=C4C[C@@H](OO[C@@H]5OC[C@@H](O)[C@@H](O)[C@@H]5O)CC[C@]4(CO)[C@H]3CC[C@]12C. The Morgan fingerprint density at radius 3 is 2.55 bits per heavy atom. The fourth-order valence-electron chi connectivity index (χ4n) is 9.83. The van der Waals surface area contributed by atoms with Crippen LogP contribution in [-0.4, -0.2) is 75.1 Å². The third-order valence-corrected chi connectivity index (χ3v) is 12.0. The minimum atomic E-state index is -1.38. The lowest BCUT2D eigenvalue weighted by Gasteiger charge is -2.59. The number of allylic oxidation sites excluding steroid dienone is 1. The molecule has 3 saturated carbocycles. The van der Waals surface area contributed by atoms with E-state index in [0.717, 1.165) is 44.4 Å². The van der Waals surface area contributed by atoms with E-state index in [1.165, 1.54) is 31.3 Å². The Balaban J connectivity index is 1.22. The lowest BCUT2D eigenvalue weighted by molar-refractivity contribution is -0.431. The van der Waals surface area contributed by atoms with Crippen LogP contribution in [0.4, 0.5) is 0 Å². The van der Waals surface area contributed by atoms with E-state index in [1.807, 2.05) is 13.8 Å². The van der Waals surface area contributed by atoms with Crippen molar-refractivity contribution in [2.24, 2.45) is 40.4 Å². The first-order chi connectivity index (χ1) is 18.9. The molecule has 1 heterocycles. The Morgan fingerprint density at radius 1 is 1.05 bits per heavy atom. The zero-order valence-corrected chi connectivity index (χ0v) is 25.0. The number of hydrogen-bond acceptors (Lipinski definition) is 8. The van der Waals surface area contributed by atoms with Gasteiger partial charge in [-0.3, -0.25) is 0 Å². The van der Waals surface area contributed by atoms with Gasteiger partial charge in [-0.25, -0.2) is 9.78 Å². The highest BCUT2D eigenvalue weighted by molar-refractivity contribution is 5.26. The second kappa shape index (κ2) is 11.8. The van der Waals surface area contributed by atoms with E-state index in [4.69, 9.17) is 14.5 Å². The summed E-state index contributed by atoms with van der Waals surface area (Å²) in [4.78, 5) is 11.1. The molecule has 0 aromatic carbocycles. The molecule has 230 valence electrons. The molecule has 0 unspecified atom stereocenters. The van der Waals surface area contributed by atoms with Gasteiger partial charge < -0.3 is 30.3 Å². The van der Waals surface area contributed by atoms with Crippen LogP contribution in [0.15, 0.2) is 11.6 Å². The van der Waals surface area contributed by atoms with Gasteiger partial charge in [0, 0.05) is 5.41 Å². The molecule has 0 spiro atoms. The molecule has 4 aliphatic carbocycles. The maximum absolute atomic E-state index is 10.9. The van der Waals surface area contributed by atoms with Crippen molar-refractivity contribution in [2.75, 3.05) is 13.2 Å². The zero-order valence-electron chi connectivity index (χ0n) is 25.0. The molecule has 0 aromatic heterocycles. The summed E-state index contributed by atoms with van der Waals surface area (Å²) in [6.07, 6.45) is 8.59. The van der Waals surface area contributed by atoms with E-state index in [9.17, 15) is 25.5 Å². The first-order valence-electron chi connectivity index (χ1n) is 15.9. The molecule has 8 nitrogen and oxygen atoms in total. The molecule has 0 aromatic rings. The molecule has 12 atom stereocenters. The van der Waals surface area contributed by atoms with E-state index in [2.05, 4.69) is 19.9 Å². The number of fused-ring (bicyclic) bond motifs is 5. The lowest BCUT2D eigenvalue weighted by Crippen LogP contribution is -2.54. The van der Waals surface area contributed by atoms with Crippen LogP contribution in [-0.2, 0) is 14.5 Å². The zero-order chi connectivity index (χ0) is 28.9. The highest BCUT2D eigenvalue weighted by Crippen LogP contribution is 2.67.